The van der Waals surface area contributed by atoms with E-state index in [4.69, 9.17) is 16.4 Å². The van der Waals surface area contributed by atoms with Gasteiger partial charge in [0.2, 0.25) is 0 Å². The van der Waals surface area contributed by atoms with Crippen LogP contribution in [0, 0.1) is 5.41 Å². The molecule has 0 atom stereocenters. The van der Waals surface area contributed by atoms with E-state index in [2.05, 4.69) is 4.98 Å². The van der Waals surface area contributed by atoms with Gasteiger partial charge in [-0.05, 0) is 12.1 Å². The third-order valence-electron chi connectivity index (χ3n) is 1.58. The Kier molecular flexibility index (Phi) is 3.14. The molecule has 0 saturated carbocycles. The molecule has 0 aromatic carbocycles. The first-order chi connectivity index (χ1) is 6.65. The van der Waals surface area contributed by atoms with Crippen LogP contribution in [0.4, 0.5) is 5.82 Å². The highest BCUT2D eigenvalue weighted by molar-refractivity contribution is 5.87. The Bertz CT molecular complexity index is 336. The van der Waals surface area contributed by atoms with Crippen LogP contribution in [0.3, 0.4) is 0 Å². The number of carboxylic acids is 1. The molecule has 6 heteroatoms. The number of aromatic nitrogens is 1. The zero-order valence-electron chi connectivity index (χ0n) is 7.34. The summed E-state index contributed by atoms with van der Waals surface area (Å²) >= 11 is 0. The lowest BCUT2D eigenvalue weighted by Gasteiger charge is -2.14. The van der Waals surface area contributed by atoms with Crippen LogP contribution < -0.4 is 10.9 Å². The second-order valence-electron chi connectivity index (χ2n) is 2.57. The SMILES string of the molecule is N=CCN(N)c1ccc(C(=O)O)cn1. The molecule has 0 aliphatic heterocycles. The van der Waals surface area contributed by atoms with Crippen LogP contribution in [0.25, 0.3) is 0 Å². The molecule has 1 aromatic rings. The van der Waals surface area contributed by atoms with Crippen molar-refractivity contribution >= 4 is 18.0 Å². The van der Waals surface area contributed by atoms with Crippen molar-refractivity contribution in [3.05, 3.63) is 23.9 Å². The van der Waals surface area contributed by atoms with Crippen molar-refractivity contribution in [2.75, 3.05) is 11.6 Å². The highest BCUT2D eigenvalue weighted by Gasteiger charge is 2.05. The lowest BCUT2D eigenvalue weighted by Crippen LogP contribution is -2.33. The molecule has 1 rings (SSSR count). The number of nitrogens with one attached hydrogen (secondary N) is 1. The number of nitrogens with two attached hydrogens (primary N) is 1. The highest BCUT2D eigenvalue weighted by Crippen LogP contribution is 2.07. The Labute approximate surface area is 80.5 Å². The number of rotatable bonds is 4. The van der Waals surface area contributed by atoms with Gasteiger partial charge in [-0.3, -0.25) is 5.01 Å². The molecule has 0 unspecified atom stereocenters. The minimum atomic E-state index is -1.03. The summed E-state index contributed by atoms with van der Waals surface area (Å²) in [5.41, 5.74) is 0.108. The Morgan fingerprint density at radius 2 is 2.43 bits per heavy atom. The molecule has 6 nitrogen and oxygen atoms in total. The zero-order chi connectivity index (χ0) is 10.6. The summed E-state index contributed by atoms with van der Waals surface area (Å²) in [5, 5.41) is 16.7. The monoisotopic (exact) mass is 194 g/mol. The summed E-state index contributed by atoms with van der Waals surface area (Å²) in [7, 11) is 0. The maximum atomic E-state index is 10.5. The van der Waals surface area contributed by atoms with Gasteiger partial charge in [0, 0.05) is 12.4 Å². The van der Waals surface area contributed by atoms with Crippen molar-refractivity contribution in [3.63, 3.8) is 0 Å². The highest BCUT2D eigenvalue weighted by atomic mass is 16.4. The van der Waals surface area contributed by atoms with Crippen LogP contribution in [0.2, 0.25) is 0 Å². The first-order valence-corrected chi connectivity index (χ1v) is 3.85. The second kappa shape index (κ2) is 4.33. The van der Waals surface area contributed by atoms with E-state index in [-0.39, 0.29) is 12.1 Å². The smallest absolute Gasteiger partial charge is 0.337 e. The average Bonchev–Trinajstić information content (AvgIpc) is 2.18. The maximum Gasteiger partial charge on any atom is 0.337 e. The molecular weight excluding hydrogens is 184 g/mol. The van der Waals surface area contributed by atoms with Crippen LogP contribution in [-0.2, 0) is 0 Å². The van der Waals surface area contributed by atoms with Crippen molar-refractivity contribution in [1.82, 2.24) is 4.98 Å². The van der Waals surface area contributed by atoms with Crippen molar-refractivity contribution < 1.29 is 9.90 Å². The molecule has 0 amide bonds. The van der Waals surface area contributed by atoms with E-state index in [9.17, 15) is 4.79 Å². The van der Waals surface area contributed by atoms with Gasteiger partial charge in [-0.1, -0.05) is 0 Å². The predicted molar refractivity (Wildman–Crippen MR) is 51.5 cm³/mol. The predicted octanol–water partition coefficient (Wildman–Crippen LogP) is 0.109. The minimum absolute atomic E-state index is 0.108. The number of carboxylic acid groups (broad SMARTS) is 1. The normalized spacial score (nSPS) is 9.50. The Hall–Kier alpha value is -1.95. The van der Waals surface area contributed by atoms with Gasteiger partial charge in [0.25, 0.3) is 0 Å². The van der Waals surface area contributed by atoms with Gasteiger partial charge in [0.1, 0.15) is 5.82 Å². The van der Waals surface area contributed by atoms with Gasteiger partial charge < -0.3 is 10.5 Å². The Morgan fingerprint density at radius 3 is 2.86 bits per heavy atom. The van der Waals surface area contributed by atoms with Gasteiger partial charge in [0.05, 0.1) is 12.1 Å². The van der Waals surface area contributed by atoms with Crippen LogP contribution in [0.15, 0.2) is 18.3 Å². The van der Waals surface area contributed by atoms with Crippen LogP contribution in [-0.4, -0.2) is 28.8 Å². The van der Waals surface area contributed by atoms with Crippen molar-refractivity contribution in [2.45, 2.75) is 0 Å². The number of hydrazine groups is 1. The molecule has 1 heterocycles. The van der Waals surface area contributed by atoms with Crippen molar-refractivity contribution in [3.8, 4) is 0 Å². The fourth-order valence-electron chi connectivity index (χ4n) is 0.874. The third kappa shape index (κ3) is 2.27. The molecule has 4 N–H and O–H groups in total. The topological polar surface area (TPSA) is 103 Å². The van der Waals surface area contributed by atoms with Gasteiger partial charge >= 0.3 is 5.97 Å². The van der Waals surface area contributed by atoms with E-state index in [1.54, 1.807) is 0 Å². The molecule has 14 heavy (non-hydrogen) atoms. The Morgan fingerprint density at radius 1 is 1.71 bits per heavy atom. The maximum absolute atomic E-state index is 10.5. The van der Waals surface area contributed by atoms with E-state index in [0.717, 1.165) is 6.21 Å². The van der Waals surface area contributed by atoms with E-state index in [0.29, 0.717) is 5.82 Å². The lowest BCUT2D eigenvalue weighted by molar-refractivity contribution is 0.0696. The number of hydrogen-bond acceptors (Lipinski definition) is 5. The standard InChI is InChI=1S/C8H10N4O2/c9-3-4-12(10)7-2-1-6(5-11-7)8(13)14/h1-3,5,9H,4,10H2,(H,13,14). The molecule has 1 aromatic heterocycles. The average molecular weight is 194 g/mol. The van der Waals surface area contributed by atoms with E-state index in [1.165, 1.54) is 23.3 Å². The van der Waals surface area contributed by atoms with Crippen LogP contribution >= 0.6 is 0 Å². The molecule has 0 spiro atoms. The summed E-state index contributed by atoms with van der Waals surface area (Å²) in [5.74, 6) is 4.90. The zero-order valence-corrected chi connectivity index (χ0v) is 7.34. The minimum Gasteiger partial charge on any atom is -0.478 e. The number of pyridine rings is 1. The molecule has 0 aliphatic carbocycles. The number of hydrogen-bond donors (Lipinski definition) is 3. The first-order valence-electron chi connectivity index (χ1n) is 3.85. The number of carbonyl (C=O) groups is 1. The summed E-state index contributed by atoms with van der Waals surface area (Å²) in [6.45, 7) is 0.236. The summed E-state index contributed by atoms with van der Waals surface area (Å²) in [6, 6.07) is 2.90. The van der Waals surface area contributed by atoms with E-state index >= 15 is 0 Å². The van der Waals surface area contributed by atoms with Gasteiger partial charge in [-0.25, -0.2) is 15.6 Å². The summed E-state index contributed by atoms with van der Waals surface area (Å²) in [6.07, 6.45) is 2.36. The van der Waals surface area contributed by atoms with Crippen molar-refractivity contribution in [1.29, 1.82) is 5.41 Å². The van der Waals surface area contributed by atoms with Gasteiger partial charge in [-0.15, -0.1) is 0 Å². The van der Waals surface area contributed by atoms with Gasteiger partial charge in [-0.2, -0.15) is 0 Å². The van der Waals surface area contributed by atoms with E-state index in [1.807, 2.05) is 0 Å². The fourth-order valence-corrected chi connectivity index (χ4v) is 0.874. The summed E-state index contributed by atoms with van der Waals surface area (Å²) < 4.78 is 0. The third-order valence-corrected chi connectivity index (χ3v) is 1.58. The Balaban J connectivity index is 2.82. The number of nitrogens with zero attached hydrogens (tertiary/aromatic N) is 2. The molecule has 0 aliphatic rings. The quantitative estimate of drug-likeness (QED) is 0.358. The lowest BCUT2D eigenvalue weighted by atomic mass is 10.3. The van der Waals surface area contributed by atoms with Gasteiger partial charge in [0.15, 0.2) is 0 Å². The summed E-state index contributed by atoms with van der Waals surface area (Å²) in [4.78, 5) is 14.3. The van der Waals surface area contributed by atoms with Crippen LogP contribution in [0.1, 0.15) is 10.4 Å². The van der Waals surface area contributed by atoms with E-state index < -0.39 is 5.97 Å². The fraction of sp³-hybridized carbons (Fsp3) is 0.125. The number of anilines is 1. The molecular formula is C8H10N4O2. The molecule has 0 radical (unpaired) electrons. The molecule has 74 valence electrons. The first kappa shape index (κ1) is 10.1. The molecule has 0 fully saturated rings. The second-order valence-corrected chi connectivity index (χ2v) is 2.57. The molecule has 0 saturated heterocycles. The molecule has 0 bridgehead atoms. The number of aromatic carboxylic acids is 1. The van der Waals surface area contributed by atoms with Crippen LogP contribution in [0.5, 0.6) is 0 Å². The largest absolute Gasteiger partial charge is 0.478 e. The van der Waals surface area contributed by atoms with Crippen molar-refractivity contribution in [2.24, 2.45) is 5.84 Å².